The summed E-state index contributed by atoms with van der Waals surface area (Å²) in [6, 6.07) is 7.94. The average Bonchev–Trinajstić information content (AvgIpc) is 3.03. The van der Waals surface area contributed by atoms with E-state index in [0.717, 1.165) is 5.69 Å². The standard InChI is InChI=1S/C17H15ClN4O3/c1-9(2)14-13-7-11(8-19-17(13)25-22-14)16(24)21-20-15(23)10-3-5-12(18)6-4-10/h3-9H,1-2H3,(H,20,23)(H,21,24). The van der Waals surface area contributed by atoms with Gasteiger partial charge in [-0.2, -0.15) is 0 Å². The molecule has 0 aliphatic rings. The molecule has 3 aromatic rings. The van der Waals surface area contributed by atoms with Gasteiger partial charge in [0.15, 0.2) is 0 Å². The van der Waals surface area contributed by atoms with Crippen LogP contribution in [0.25, 0.3) is 11.1 Å². The normalized spacial score (nSPS) is 10.9. The summed E-state index contributed by atoms with van der Waals surface area (Å²) in [4.78, 5) is 28.3. The van der Waals surface area contributed by atoms with Crippen molar-refractivity contribution in [2.24, 2.45) is 0 Å². The first kappa shape index (κ1) is 16.9. The summed E-state index contributed by atoms with van der Waals surface area (Å²) in [5.74, 6) is -0.814. The fourth-order valence-corrected chi connectivity index (χ4v) is 2.38. The van der Waals surface area contributed by atoms with Crippen LogP contribution in [0, 0.1) is 0 Å². The van der Waals surface area contributed by atoms with E-state index in [2.05, 4.69) is 21.0 Å². The van der Waals surface area contributed by atoms with Gasteiger partial charge in [0.2, 0.25) is 0 Å². The topological polar surface area (TPSA) is 97.1 Å². The molecular formula is C17H15ClN4O3. The number of nitrogens with zero attached hydrogens (tertiary/aromatic N) is 2. The van der Waals surface area contributed by atoms with Crippen LogP contribution >= 0.6 is 11.6 Å². The minimum Gasteiger partial charge on any atom is -0.336 e. The quantitative estimate of drug-likeness (QED) is 0.701. The predicted octanol–water partition coefficient (Wildman–Crippen LogP) is 3.07. The lowest BCUT2D eigenvalue weighted by Crippen LogP contribution is -2.41. The number of pyridine rings is 1. The summed E-state index contributed by atoms with van der Waals surface area (Å²) in [6.07, 6.45) is 1.36. The van der Waals surface area contributed by atoms with Crippen molar-refractivity contribution < 1.29 is 14.1 Å². The van der Waals surface area contributed by atoms with Crippen molar-refractivity contribution in [2.45, 2.75) is 19.8 Å². The molecule has 0 atom stereocenters. The molecule has 0 aliphatic heterocycles. The molecule has 0 bridgehead atoms. The SMILES string of the molecule is CC(C)c1noc2ncc(C(=O)NNC(=O)c3ccc(Cl)cc3)cc12. The first-order valence-corrected chi connectivity index (χ1v) is 7.95. The molecule has 0 unspecified atom stereocenters. The van der Waals surface area contributed by atoms with Crippen molar-refractivity contribution in [2.75, 3.05) is 0 Å². The Morgan fingerprint density at radius 3 is 2.36 bits per heavy atom. The van der Waals surface area contributed by atoms with Crippen LogP contribution in [-0.2, 0) is 0 Å². The van der Waals surface area contributed by atoms with Gasteiger partial charge in [0, 0.05) is 16.8 Å². The second kappa shape index (κ2) is 6.90. The Hall–Kier alpha value is -2.93. The minimum absolute atomic E-state index is 0.131. The molecule has 7 nitrogen and oxygen atoms in total. The number of rotatable bonds is 3. The van der Waals surface area contributed by atoms with E-state index in [0.29, 0.717) is 21.7 Å². The monoisotopic (exact) mass is 358 g/mol. The largest absolute Gasteiger partial charge is 0.336 e. The molecule has 0 aliphatic carbocycles. The third-order valence-electron chi connectivity index (χ3n) is 3.56. The Bertz CT molecular complexity index is 935. The van der Waals surface area contributed by atoms with E-state index in [1.165, 1.54) is 6.20 Å². The summed E-state index contributed by atoms with van der Waals surface area (Å²) in [7, 11) is 0. The molecule has 2 heterocycles. The van der Waals surface area contributed by atoms with Crippen molar-refractivity contribution in [3.63, 3.8) is 0 Å². The first-order valence-electron chi connectivity index (χ1n) is 7.57. The number of hydrazine groups is 1. The van der Waals surface area contributed by atoms with Crippen molar-refractivity contribution in [1.29, 1.82) is 0 Å². The number of aromatic nitrogens is 2. The van der Waals surface area contributed by atoms with Crippen molar-refractivity contribution in [3.8, 4) is 0 Å². The third kappa shape index (κ3) is 3.61. The highest BCUT2D eigenvalue weighted by Gasteiger charge is 2.16. The van der Waals surface area contributed by atoms with Crippen LogP contribution in [0.3, 0.4) is 0 Å². The number of halogens is 1. The fraction of sp³-hybridized carbons (Fsp3) is 0.176. The highest BCUT2D eigenvalue weighted by Crippen LogP contribution is 2.23. The zero-order chi connectivity index (χ0) is 18.0. The van der Waals surface area contributed by atoms with Gasteiger partial charge >= 0.3 is 0 Å². The number of carbonyl (C=O) groups excluding carboxylic acids is 2. The molecule has 0 fully saturated rings. The van der Waals surface area contributed by atoms with Gasteiger partial charge in [-0.1, -0.05) is 30.6 Å². The molecular weight excluding hydrogens is 344 g/mol. The van der Waals surface area contributed by atoms with E-state index in [-0.39, 0.29) is 11.5 Å². The van der Waals surface area contributed by atoms with Gasteiger partial charge < -0.3 is 4.52 Å². The number of hydrogen-bond acceptors (Lipinski definition) is 5. The average molecular weight is 359 g/mol. The van der Waals surface area contributed by atoms with Crippen LogP contribution in [0.1, 0.15) is 46.2 Å². The molecule has 2 N–H and O–H groups in total. The van der Waals surface area contributed by atoms with Crippen LogP contribution in [0.15, 0.2) is 41.1 Å². The Kier molecular flexibility index (Phi) is 4.67. The van der Waals surface area contributed by atoms with E-state index >= 15 is 0 Å². The number of hydrogen-bond donors (Lipinski definition) is 2. The third-order valence-corrected chi connectivity index (χ3v) is 3.81. The summed E-state index contributed by atoms with van der Waals surface area (Å²) in [5, 5.41) is 5.16. The highest BCUT2D eigenvalue weighted by atomic mass is 35.5. The molecule has 1 aromatic carbocycles. The molecule has 3 rings (SSSR count). The van der Waals surface area contributed by atoms with E-state index in [1.54, 1.807) is 30.3 Å². The van der Waals surface area contributed by atoms with Crippen molar-refractivity contribution in [1.82, 2.24) is 21.0 Å². The van der Waals surface area contributed by atoms with E-state index in [9.17, 15) is 9.59 Å². The Labute approximate surface area is 148 Å². The lowest BCUT2D eigenvalue weighted by atomic mass is 10.1. The smallest absolute Gasteiger partial charge is 0.271 e. The van der Waals surface area contributed by atoms with Gasteiger partial charge in [-0.3, -0.25) is 20.4 Å². The van der Waals surface area contributed by atoms with Crippen molar-refractivity contribution in [3.05, 3.63) is 58.4 Å². The lowest BCUT2D eigenvalue weighted by Gasteiger charge is -2.07. The summed E-state index contributed by atoms with van der Waals surface area (Å²) in [6.45, 7) is 3.94. The number of amides is 2. The molecule has 8 heteroatoms. The van der Waals surface area contributed by atoms with Gasteiger partial charge in [0.25, 0.3) is 17.5 Å². The van der Waals surface area contributed by atoms with Gasteiger partial charge in [0.05, 0.1) is 16.6 Å². The number of nitrogens with one attached hydrogen (secondary N) is 2. The predicted molar refractivity (Wildman–Crippen MR) is 92.3 cm³/mol. The second-order valence-electron chi connectivity index (χ2n) is 5.71. The number of benzene rings is 1. The lowest BCUT2D eigenvalue weighted by molar-refractivity contribution is 0.0846. The van der Waals surface area contributed by atoms with Gasteiger partial charge in [-0.15, -0.1) is 0 Å². The fourth-order valence-electron chi connectivity index (χ4n) is 2.25. The van der Waals surface area contributed by atoms with Crippen LogP contribution in [-0.4, -0.2) is 22.0 Å². The van der Waals surface area contributed by atoms with Crippen LogP contribution in [0.5, 0.6) is 0 Å². The zero-order valence-corrected chi connectivity index (χ0v) is 14.3. The maximum atomic E-state index is 12.2. The zero-order valence-electron chi connectivity index (χ0n) is 13.5. The van der Waals surface area contributed by atoms with E-state index < -0.39 is 11.8 Å². The maximum absolute atomic E-state index is 12.2. The number of carbonyl (C=O) groups is 2. The first-order chi connectivity index (χ1) is 12.0. The minimum atomic E-state index is -0.493. The molecule has 2 amide bonds. The molecule has 0 radical (unpaired) electrons. The summed E-state index contributed by atoms with van der Waals surface area (Å²) in [5.41, 5.74) is 6.45. The molecule has 128 valence electrons. The molecule has 0 saturated heterocycles. The van der Waals surface area contributed by atoms with Crippen LogP contribution < -0.4 is 10.9 Å². The van der Waals surface area contributed by atoms with Crippen LogP contribution in [0.2, 0.25) is 5.02 Å². The summed E-state index contributed by atoms with van der Waals surface area (Å²) >= 11 is 5.78. The molecule has 2 aromatic heterocycles. The van der Waals surface area contributed by atoms with Gasteiger partial charge in [-0.05, 0) is 36.2 Å². The summed E-state index contributed by atoms with van der Waals surface area (Å²) < 4.78 is 5.14. The molecule has 25 heavy (non-hydrogen) atoms. The number of fused-ring (bicyclic) bond motifs is 1. The Morgan fingerprint density at radius 1 is 1.08 bits per heavy atom. The van der Waals surface area contributed by atoms with Crippen molar-refractivity contribution >= 4 is 34.5 Å². The van der Waals surface area contributed by atoms with Gasteiger partial charge in [0.1, 0.15) is 0 Å². The molecule has 0 saturated carbocycles. The van der Waals surface area contributed by atoms with Crippen LogP contribution in [0.4, 0.5) is 0 Å². The molecule has 0 spiro atoms. The second-order valence-corrected chi connectivity index (χ2v) is 6.15. The Balaban J connectivity index is 1.72. The van der Waals surface area contributed by atoms with E-state index in [4.69, 9.17) is 16.1 Å². The highest BCUT2D eigenvalue weighted by molar-refractivity contribution is 6.30. The maximum Gasteiger partial charge on any atom is 0.271 e. The Morgan fingerprint density at radius 2 is 1.72 bits per heavy atom. The van der Waals surface area contributed by atoms with Gasteiger partial charge in [-0.25, -0.2) is 4.98 Å². The van der Waals surface area contributed by atoms with E-state index in [1.807, 2.05) is 13.8 Å².